The van der Waals surface area contributed by atoms with Crippen LogP contribution in [0.1, 0.15) is 27.2 Å². The molecule has 0 spiro atoms. The van der Waals surface area contributed by atoms with E-state index in [4.69, 9.17) is 10.2 Å². The van der Waals surface area contributed by atoms with Gasteiger partial charge >= 0.3 is 0 Å². The maximum Gasteiger partial charge on any atom is 0.251 e. The van der Waals surface area contributed by atoms with E-state index < -0.39 is 5.82 Å². The Kier molecular flexibility index (Phi) is 4.96. The molecular formula is C28H22FN5O2. The average Bonchev–Trinajstić information content (AvgIpc) is 3.41. The Labute approximate surface area is 205 Å². The molecule has 0 saturated carbocycles. The second-order valence-electron chi connectivity index (χ2n) is 8.85. The molecular weight excluding hydrogens is 457 g/mol. The summed E-state index contributed by atoms with van der Waals surface area (Å²) in [6.45, 7) is 4.19. The van der Waals surface area contributed by atoms with Gasteiger partial charge in [-0.2, -0.15) is 0 Å². The van der Waals surface area contributed by atoms with Gasteiger partial charge in [0.1, 0.15) is 17.0 Å². The lowest BCUT2D eigenvalue weighted by Crippen LogP contribution is -2.24. The van der Waals surface area contributed by atoms with E-state index in [1.54, 1.807) is 18.2 Å². The van der Waals surface area contributed by atoms with Gasteiger partial charge in [-0.05, 0) is 79.6 Å². The van der Waals surface area contributed by atoms with Crippen LogP contribution in [0.2, 0.25) is 0 Å². The minimum absolute atomic E-state index is 0.153. The van der Waals surface area contributed by atoms with Crippen LogP contribution in [0.15, 0.2) is 65.2 Å². The average molecular weight is 480 g/mol. The molecule has 0 aliphatic rings. The second-order valence-corrected chi connectivity index (χ2v) is 8.85. The topological polar surface area (TPSA) is 106 Å². The molecule has 2 aromatic carbocycles. The lowest BCUT2D eigenvalue weighted by molar-refractivity contribution is 0.0951. The van der Waals surface area contributed by atoms with Crippen molar-refractivity contribution in [2.75, 3.05) is 11.1 Å². The number of nitrogens with zero attached hydrogens (tertiary/aromatic N) is 2. The molecule has 1 amide bonds. The van der Waals surface area contributed by atoms with E-state index in [1.807, 2.05) is 44.2 Å². The number of halogens is 1. The number of hydrogen-bond donors (Lipinski definition) is 3. The van der Waals surface area contributed by atoms with Crippen LogP contribution in [0.5, 0.6) is 0 Å². The monoisotopic (exact) mass is 479 g/mol. The fourth-order valence-corrected chi connectivity index (χ4v) is 4.73. The Balaban J connectivity index is 1.32. The van der Waals surface area contributed by atoms with Gasteiger partial charge in [-0.3, -0.25) is 4.79 Å². The maximum atomic E-state index is 14.0. The number of aryl methyl sites for hydroxylation is 2. The van der Waals surface area contributed by atoms with Crippen molar-refractivity contribution in [3.05, 3.63) is 89.0 Å². The number of hydrogen-bond acceptors (Lipinski definition) is 6. The maximum absolute atomic E-state index is 14.0. The van der Waals surface area contributed by atoms with Crippen LogP contribution in [-0.4, -0.2) is 15.9 Å². The van der Waals surface area contributed by atoms with Crippen molar-refractivity contribution in [1.82, 2.24) is 15.3 Å². The van der Waals surface area contributed by atoms with E-state index in [1.165, 1.54) is 12.3 Å². The van der Waals surface area contributed by atoms with E-state index in [0.717, 1.165) is 43.9 Å². The second kappa shape index (κ2) is 8.20. The van der Waals surface area contributed by atoms with E-state index in [0.29, 0.717) is 29.2 Å². The smallest absolute Gasteiger partial charge is 0.251 e. The van der Waals surface area contributed by atoms with Crippen LogP contribution < -0.4 is 16.4 Å². The molecule has 0 unspecified atom stereocenters. The first-order valence-corrected chi connectivity index (χ1v) is 11.5. The van der Waals surface area contributed by atoms with Gasteiger partial charge in [0, 0.05) is 51.2 Å². The van der Waals surface area contributed by atoms with Gasteiger partial charge in [-0.15, -0.1) is 0 Å². The standard InChI is InChI=1S/C28H22FN5O2/c1-14-10-24(30)33-15(2)22(14)13-32-28(35)16-5-7-18-20(11-16)26-21-12-17(6-8-19(21)25(18)36-26)34-27-23(29)4-3-9-31-27/h3-12H,13H2,1-2H3,(H2,30,33)(H,31,34)(H,32,35). The highest BCUT2D eigenvalue weighted by molar-refractivity contribution is 6.26. The van der Waals surface area contributed by atoms with Crippen LogP contribution in [-0.2, 0) is 6.54 Å². The van der Waals surface area contributed by atoms with Crippen LogP contribution in [0.25, 0.3) is 32.7 Å². The highest BCUT2D eigenvalue weighted by Crippen LogP contribution is 2.42. The number of furan rings is 2. The Morgan fingerprint density at radius 2 is 1.75 bits per heavy atom. The normalized spacial score (nSPS) is 11.5. The molecule has 6 aromatic rings. The number of carbonyl (C=O) groups is 1. The number of rotatable bonds is 5. The number of anilines is 3. The van der Waals surface area contributed by atoms with Crippen molar-refractivity contribution < 1.29 is 13.6 Å². The molecule has 0 aliphatic heterocycles. The predicted molar refractivity (Wildman–Crippen MR) is 139 cm³/mol. The van der Waals surface area contributed by atoms with Crippen molar-refractivity contribution in [3.63, 3.8) is 0 Å². The summed E-state index contributed by atoms with van der Waals surface area (Å²) >= 11 is 0. The number of nitrogen functional groups attached to an aromatic ring is 1. The Morgan fingerprint density at radius 3 is 2.53 bits per heavy atom. The van der Waals surface area contributed by atoms with Crippen LogP contribution in [0.3, 0.4) is 0 Å². The lowest BCUT2D eigenvalue weighted by atomic mass is 10.0. The number of pyridine rings is 2. The summed E-state index contributed by atoms with van der Waals surface area (Å²) in [5.41, 5.74) is 11.2. The summed E-state index contributed by atoms with van der Waals surface area (Å²) in [5.74, 6) is -0.00519. The van der Waals surface area contributed by atoms with Crippen molar-refractivity contribution in [3.8, 4) is 0 Å². The van der Waals surface area contributed by atoms with Crippen molar-refractivity contribution in [2.45, 2.75) is 20.4 Å². The third kappa shape index (κ3) is 3.54. The SMILES string of the molecule is Cc1cc(N)nc(C)c1CNC(=O)c1ccc2c(c1)c1oc2c2ccc(Nc3ncccc3F)cc21. The van der Waals surface area contributed by atoms with E-state index in [9.17, 15) is 9.18 Å². The number of nitrogens with two attached hydrogens (primary N) is 1. The van der Waals surface area contributed by atoms with Crippen molar-refractivity contribution >= 4 is 55.9 Å². The van der Waals surface area contributed by atoms with Crippen LogP contribution in [0.4, 0.5) is 21.7 Å². The molecule has 7 nitrogen and oxygen atoms in total. The Bertz CT molecular complexity index is 1770. The minimum Gasteiger partial charge on any atom is -0.455 e. The zero-order valence-electron chi connectivity index (χ0n) is 19.6. The summed E-state index contributed by atoms with van der Waals surface area (Å²) in [5, 5.41) is 9.65. The number of benzene rings is 3. The van der Waals surface area contributed by atoms with Gasteiger partial charge in [0.2, 0.25) is 0 Å². The van der Waals surface area contributed by atoms with E-state index >= 15 is 0 Å². The summed E-state index contributed by atoms with van der Waals surface area (Å²) in [4.78, 5) is 21.3. The van der Waals surface area contributed by atoms with E-state index in [-0.39, 0.29) is 11.7 Å². The van der Waals surface area contributed by atoms with E-state index in [2.05, 4.69) is 20.6 Å². The summed E-state index contributed by atoms with van der Waals surface area (Å²) in [6, 6.07) is 16.0. The molecule has 0 radical (unpaired) electrons. The number of aromatic nitrogens is 2. The predicted octanol–water partition coefficient (Wildman–Crippen LogP) is 5.98. The summed E-state index contributed by atoms with van der Waals surface area (Å²) < 4.78 is 20.2. The van der Waals surface area contributed by atoms with Crippen LogP contribution in [0, 0.1) is 19.7 Å². The van der Waals surface area contributed by atoms with Gasteiger partial charge in [0.15, 0.2) is 11.6 Å². The van der Waals surface area contributed by atoms with Crippen molar-refractivity contribution in [1.29, 1.82) is 0 Å². The molecule has 0 fully saturated rings. The largest absolute Gasteiger partial charge is 0.455 e. The van der Waals surface area contributed by atoms with Gasteiger partial charge in [-0.25, -0.2) is 14.4 Å². The minimum atomic E-state index is -0.432. The highest BCUT2D eigenvalue weighted by Gasteiger charge is 2.19. The first-order valence-electron chi connectivity index (χ1n) is 11.5. The summed E-state index contributed by atoms with van der Waals surface area (Å²) in [7, 11) is 0. The molecule has 6 rings (SSSR count). The third-order valence-corrected chi connectivity index (χ3v) is 6.50. The van der Waals surface area contributed by atoms with Gasteiger partial charge < -0.3 is 20.8 Å². The zero-order chi connectivity index (χ0) is 25.0. The molecule has 0 aliphatic carbocycles. The highest BCUT2D eigenvalue weighted by atomic mass is 19.1. The summed E-state index contributed by atoms with van der Waals surface area (Å²) in [6.07, 6.45) is 1.53. The first-order chi connectivity index (χ1) is 17.4. The molecule has 4 aromatic heterocycles. The van der Waals surface area contributed by atoms with Gasteiger partial charge in [-0.1, -0.05) is 0 Å². The number of carbonyl (C=O) groups excluding carboxylic acids is 1. The van der Waals surface area contributed by atoms with Gasteiger partial charge in [0.25, 0.3) is 5.91 Å². The fraction of sp³-hybridized carbons (Fsp3) is 0.107. The Morgan fingerprint density at radius 1 is 1.00 bits per heavy atom. The molecule has 8 heteroatoms. The molecule has 2 bridgehead atoms. The number of nitrogens with one attached hydrogen (secondary N) is 2. The van der Waals surface area contributed by atoms with Crippen molar-refractivity contribution in [2.24, 2.45) is 0 Å². The fourth-order valence-electron chi connectivity index (χ4n) is 4.73. The zero-order valence-corrected chi connectivity index (χ0v) is 19.6. The number of fused-ring (bicyclic) bond motifs is 8. The van der Waals surface area contributed by atoms with Crippen LogP contribution >= 0.6 is 0 Å². The molecule has 0 atom stereocenters. The molecule has 4 heterocycles. The third-order valence-electron chi connectivity index (χ3n) is 6.50. The molecule has 36 heavy (non-hydrogen) atoms. The van der Waals surface area contributed by atoms with Gasteiger partial charge in [0.05, 0.1) is 0 Å². The Hall–Kier alpha value is -4.72. The quantitative estimate of drug-likeness (QED) is 0.263. The molecule has 178 valence electrons. The first kappa shape index (κ1) is 21.8. The lowest BCUT2D eigenvalue weighted by Gasteiger charge is -2.11. The molecule has 0 saturated heterocycles. The molecule has 4 N–H and O–H groups in total. The number of amides is 1.